The van der Waals surface area contributed by atoms with E-state index in [1.165, 1.54) is 13.3 Å². The number of nitrogens with one attached hydrogen (secondary N) is 1. The molecule has 108 valence electrons. The van der Waals surface area contributed by atoms with Gasteiger partial charge in [-0.1, -0.05) is 12.1 Å². The van der Waals surface area contributed by atoms with Crippen LogP contribution in [0.3, 0.4) is 0 Å². The molecular formula is C15H15N3O3. The van der Waals surface area contributed by atoms with Crippen LogP contribution in [0.2, 0.25) is 0 Å². The van der Waals surface area contributed by atoms with Gasteiger partial charge in [-0.15, -0.1) is 0 Å². The molecule has 2 aromatic rings. The first kappa shape index (κ1) is 14.7. The van der Waals surface area contributed by atoms with Gasteiger partial charge in [0.25, 0.3) is 5.91 Å². The molecule has 0 saturated carbocycles. The summed E-state index contributed by atoms with van der Waals surface area (Å²) in [4.78, 5) is 27.9. The number of esters is 1. The van der Waals surface area contributed by atoms with E-state index in [1.807, 2.05) is 0 Å². The lowest BCUT2D eigenvalue weighted by atomic mass is 10.1. The van der Waals surface area contributed by atoms with Gasteiger partial charge in [-0.3, -0.25) is 9.78 Å². The number of hydrogen-bond acceptors (Lipinski definition) is 5. The predicted octanol–water partition coefficient (Wildman–Crippen LogP) is 1.58. The second kappa shape index (κ2) is 6.62. The van der Waals surface area contributed by atoms with Crippen molar-refractivity contribution in [1.82, 2.24) is 4.98 Å². The van der Waals surface area contributed by atoms with Crippen molar-refractivity contribution in [2.75, 3.05) is 12.4 Å². The molecule has 0 atom stereocenters. The van der Waals surface area contributed by atoms with E-state index in [1.54, 1.807) is 36.4 Å². The Labute approximate surface area is 121 Å². The number of carbonyl (C=O) groups is 2. The lowest BCUT2D eigenvalue weighted by Crippen LogP contribution is -2.16. The minimum atomic E-state index is -0.511. The molecule has 1 aromatic heterocycles. The summed E-state index contributed by atoms with van der Waals surface area (Å²) in [6.45, 7) is 0.250. The van der Waals surface area contributed by atoms with Crippen molar-refractivity contribution in [2.24, 2.45) is 5.73 Å². The molecule has 6 heteroatoms. The van der Waals surface area contributed by atoms with Gasteiger partial charge in [-0.05, 0) is 24.3 Å². The number of aromatic nitrogens is 1. The number of para-hydroxylation sites is 1. The molecular weight excluding hydrogens is 270 g/mol. The number of ether oxygens (including phenoxy) is 1. The summed E-state index contributed by atoms with van der Waals surface area (Å²) in [5, 5.41) is 2.68. The van der Waals surface area contributed by atoms with Gasteiger partial charge in [0.1, 0.15) is 0 Å². The van der Waals surface area contributed by atoms with Crippen molar-refractivity contribution in [2.45, 2.75) is 6.54 Å². The maximum absolute atomic E-state index is 12.2. The highest BCUT2D eigenvalue weighted by molar-refractivity contribution is 6.07. The Morgan fingerprint density at radius 3 is 2.76 bits per heavy atom. The molecule has 2 rings (SSSR count). The van der Waals surface area contributed by atoms with Gasteiger partial charge in [0.05, 0.1) is 24.1 Å². The highest BCUT2D eigenvalue weighted by atomic mass is 16.5. The van der Waals surface area contributed by atoms with Crippen molar-refractivity contribution in [3.8, 4) is 0 Å². The normalized spacial score (nSPS) is 10.0. The molecule has 0 aliphatic carbocycles. The van der Waals surface area contributed by atoms with Gasteiger partial charge in [0.2, 0.25) is 0 Å². The summed E-state index contributed by atoms with van der Waals surface area (Å²) in [6.07, 6.45) is 1.52. The van der Waals surface area contributed by atoms with Crippen molar-refractivity contribution in [3.05, 3.63) is 59.4 Å². The Morgan fingerprint density at radius 1 is 1.29 bits per heavy atom. The van der Waals surface area contributed by atoms with E-state index in [9.17, 15) is 9.59 Å². The molecule has 1 heterocycles. The van der Waals surface area contributed by atoms with Crippen molar-refractivity contribution < 1.29 is 14.3 Å². The third kappa shape index (κ3) is 3.43. The van der Waals surface area contributed by atoms with E-state index in [2.05, 4.69) is 15.0 Å². The third-order valence-electron chi connectivity index (χ3n) is 2.87. The van der Waals surface area contributed by atoms with E-state index >= 15 is 0 Å². The molecule has 0 radical (unpaired) electrons. The number of methoxy groups -OCH3 is 1. The summed E-state index contributed by atoms with van der Waals surface area (Å²) < 4.78 is 4.68. The van der Waals surface area contributed by atoms with E-state index in [4.69, 9.17) is 5.73 Å². The molecule has 1 aromatic carbocycles. The zero-order valence-electron chi connectivity index (χ0n) is 11.5. The molecule has 0 fully saturated rings. The Kier molecular flexibility index (Phi) is 4.63. The zero-order valence-corrected chi connectivity index (χ0v) is 11.5. The third-order valence-corrected chi connectivity index (χ3v) is 2.87. The van der Waals surface area contributed by atoms with Gasteiger partial charge < -0.3 is 15.8 Å². The molecule has 3 N–H and O–H groups in total. The quantitative estimate of drug-likeness (QED) is 0.832. The first-order chi connectivity index (χ1) is 10.2. The number of pyridine rings is 1. The molecule has 0 aliphatic rings. The average molecular weight is 285 g/mol. The highest BCUT2D eigenvalue weighted by Crippen LogP contribution is 2.17. The minimum absolute atomic E-state index is 0.250. The van der Waals surface area contributed by atoms with Crippen molar-refractivity contribution in [3.63, 3.8) is 0 Å². The van der Waals surface area contributed by atoms with Crippen LogP contribution in [0.1, 0.15) is 26.4 Å². The van der Waals surface area contributed by atoms with Gasteiger partial charge in [0, 0.05) is 18.3 Å². The van der Waals surface area contributed by atoms with Crippen molar-refractivity contribution in [1.29, 1.82) is 0 Å². The fraction of sp³-hybridized carbons (Fsp3) is 0.133. The number of rotatable bonds is 4. The number of amides is 1. The van der Waals surface area contributed by atoms with Gasteiger partial charge in [-0.25, -0.2) is 4.79 Å². The number of carbonyl (C=O) groups excluding carboxylic acids is 2. The van der Waals surface area contributed by atoms with Crippen molar-refractivity contribution >= 4 is 17.6 Å². The Bertz CT molecular complexity index is 671. The fourth-order valence-electron chi connectivity index (χ4n) is 1.81. The Hall–Kier alpha value is -2.73. The highest BCUT2D eigenvalue weighted by Gasteiger charge is 2.14. The number of nitrogens with zero attached hydrogens (tertiary/aromatic N) is 1. The summed E-state index contributed by atoms with van der Waals surface area (Å²) >= 11 is 0. The Balaban J connectivity index is 2.25. The average Bonchev–Trinajstić information content (AvgIpc) is 2.54. The van der Waals surface area contributed by atoms with Crippen LogP contribution in [0.4, 0.5) is 5.69 Å². The zero-order chi connectivity index (χ0) is 15.2. The number of anilines is 1. The predicted molar refractivity (Wildman–Crippen MR) is 77.9 cm³/mol. The molecule has 0 spiro atoms. The first-order valence-corrected chi connectivity index (χ1v) is 6.29. The van der Waals surface area contributed by atoms with Gasteiger partial charge in [0.15, 0.2) is 0 Å². The topological polar surface area (TPSA) is 94.3 Å². The largest absolute Gasteiger partial charge is 0.465 e. The van der Waals surface area contributed by atoms with Crippen LogP contribution in [0.5, 0.6) is 0 Å². The fourth-order valence-corrected chi connectivity index (χ4v) is 1.81. The summed E-state index contributed by atoms with van der Waals surface area (Å²) in [6, 6.07) is 9.82. The van der Waals surface area contributed by atoms with E-state index in [-0.39, 0.29) is 12.5 Å². The molecule has 21 heavy (non-hydrogen) atoms. The maximum Gasteiger partial charge on any atom is 0.339 e. The van der Waals surface area contributed by atoms with Crippen LogP contribution < -0.4 is 11.1 Å². The number of nitrogens with two attached hydrogens (primary N) is 1. The summed E-state index contributed by atoms with van der Waals surface area (Å²) in [5.74, 6) is -0.855. The molecule has 0 bridgehead atoms. The lowest BCUT2D eigenvalue weighted by Gasteiger charge is -2.10. The summed E-state index contributed by atoms with van der Waals surface area (Å²) in [7, 11) is 1.29. The smallest absolute Gasteiger partial charge is 0.339 e. The van der Waals surface area contributed by atoms with Crippen LogP contribution in [-0.4, -0.2) is 24.0 Å². The van der Waals surface area contributed by atoms with Crippen LogP contribution in [0, 0.1) is 0 Å². The molecule has 6 nitrogen and oxygen atoms in total. The number of benzene rings is 1. The molecule has 0 saturated heterocycles. The first-order valence-electron chi connectivity index (χ1n) is 6.29. The molecule has 1 amide bonds. The van der Waals surface area contributed by atoms with E-state index in [0.29, 0.717) is 22.5 Å². The Morgan fingerprint density at radius 2 is 2.05 bits per heavy atom. The van der Waals surface area contributed by atoms with Crippen LogP contribution in [0.25, 0.3) is 0 Å². The van der Waals surface area contributed by atoms with Gasteiger partial charge in [-0.2, -0.15) is 0 Å². The van der Waals surface area contributed by atoms with E-state index in [0.717, 1.165) is 0 Å². The SMILES string of the molecule is COC(=O)c1ccccc1NC(=O)c1ccnc(CN)c1. The second-order valence-electron chi connectivity index (χ2n) is 4.23. The molecule has 0 unspecified atom stereocenters. The number of hydrogen-bond donors (Lipinski definition) is 2. The second-order valence-corrected chi connectivity index (χ2v) is 4.23. The molecule has 0 aliphatic heterocycles. The maximum atomic E-state index is 12.2. The monoisotopic (exact) mass is 285 g/mol. The van der Waals surface area contributed by atoms with Crippen LogP contribution >= 0.6 is 0 Å². The van der Waals surface area contributed by atoms with Gasteiger partial charge >= 0.3 is 5.97 Å². The lowest BCUT2D eigenvalue weighted by molar-refractivity contribution is 0.0602. The summed E-state index contributed by atoms with van der Waals surface area (Å²) in [5.41, 5.74) is 7.22. The standard InChI is InChI=1S/C15H15N3O3/c1-21-15(20)12-4-2-3-5-13(12)18-14(19)10-6-7-17-11(8-10)9-16/h2-8H,9,16H2,1H3,(H,18,19). The van der Waals surface area contributed by atoms with E-state index < -0.39 is 5.97 Å². The minimum Gasteiger partial charge on any atom is -0.465 e. The van der Waals surface area contributed by atoms with Crippen LogP contribution in [-0.2, 0) is 11.3 Å². The van der Waals surface area contributed by atoms with Crippen LogP contribution in [0.15, 0.2) is 42.6 Å².